The molecule has 0 aliphatic rings. The summed E-state index contributed by atoms with van der Waals surface area (Å²) in [5.41, 5.74) is 1.18. The second kappa shape index (κ2) is 7.77. The number of halogens is 3. The van der Waals surface area contributed by atoms with E-state index in [1.165, 1.54) is 0 Å². The smallest absolute Gasteiger partial charge is 0.225 e. The van der Waals surface area contributed by atoms with Crippen LogP contribution >= 0.6 is 39.1 Å². The van der Waals surface area contributed by atoms with Gasteiger partial charge < -0.3 is 5.32 Å². The number of amides is 1. The Morgan fingerprint density at radius 2 is 1.82 bits per heavy atom. The number of carbonyl (C=O) groups excluding carboxylic acids is 2. The van der Waals surface area contributed by atoms with Crippen LogP contribution in [-0.4, -0.2) is 17.6 Å². The minimum absolute atomic E-state index is 0.178. The van der Waals surface area contributed by atoms with Crippen LogP contribution in [0.2, 0.25) is 5.02 Å². The first-order valence-electron chi connectivity index (χ1n) is 6.47. The summed E-state index contributed by atoms with van der Waals surface area (Å²) in [5, 5.41) is 3.07. The lowest BCUT2D eigenvalue weighted by molar-refractivity contribution is -0.115. The van der Waals surface area contributed by atoms with E-state index in [4.69, 9.17) is 23.2 Å². The lowest BCUT2D eigenvalue weighted by Gasteiger charge is -2.11. The van der Waals surface area contributed by atoms with Crippen LogP contribution < -0.4 is 5.32 Å². The van der Waals surface area contributed by atoms with Crippen molar-refractivity contribution in [3.8, 4) is 0 Å². The zero-order valence-corrected chi connectivity index (χ0v) is 14.5. The third-order valence-corrected chi connectivity index (χ3v) is 3.95. The van der Waals surface area contributed by atoms with E-state index in [0.717, 1.165) is 4.47 Å². The van der Waals surface area contributed by atoms with Crippen molar-refractivity contribution < 1.29 is 9.59 Å². The zero-order chi connectivity index (χ0) is 16.1. The zero-order valence-electron chi connectivity index (χ0n) is 11.4. The number of rotatable bonds is 5. The van der Waals surface area contributed by atoms with Crippen molar-refractivity contribution in [2.45, 2.75) is 6.42 Å². The monoisotopic (exact) mass is 399 g/mol. The van der Waals surface area contributed by atoms with Crippen molar-refractivity contribution in [1.82, 2.24) is 0 Å². The van der Waals surface area contributed by atoms with Gasteiger partial charge in [0.2, 0.25) is 5.91 Å². The molecule has 114 valence electrons. The average Bonchev–Trinajstić information content (AvgIpc) is 2.49. The third kappa shape index (κ3) is 4.09. The van der Waals surface area contributed by atoms with Crippen LogP contribution in [0, 0.1) is 0 Å². The fourth-order valence-electron chi connectivity index (χ4n) is 1.90. The molecule has 2 aromatic rings. The van der Waals surface area contributed by atoms with E-state index < -0.39 is 0 Å². The molecule has 0 saturated heterocycles. The Bertz CT molecular complexity index is 719. The molecule has 0 saturated carbocycles. The van der Waals surface area contributed by atoms with E-state index in [2.05, 4.69) is 21.2 Å². The number of anilines is 1. The highest BCUT2D eigenvalue weighted by Crippen LogP contribution is 2.26. The van der Waals surface area contributed by atoms with Crippen molar-refractivity contribution >= 4 is 56.5 Å². The van der Waals surface area contributed by atoms with Gasteiger partial charge in [-0.3, -0.25) is 9.59 Å². The molecular weight excluding hydrogens is 389 g/mol. The van der Waals surface area contributed by atoms with E-state index >= 15 is 0 Å². The number of carbonyl (C=O) groups is 2. The highest BCUT2D eigenvalue weighted by atomic mass is 79.9. The Morgan fingerprint density at radius 1 is 1.09 bits per heavy atom. The van der Waals surface area contributed by atoms with Gasteiger partial charge in [-0.25, -0.2) is 0 Å². The fraction of sp³-hybridized carbons (Fsp3) is 0.125. The number of benzene rings is 2. The van der Waals surface area contributed by atoms with Crippen LogP contribution in [0.15, 0.2) is 46.9 Å². The maximum Gasteiger partial charge on any atom is 0.225 e. The molecular formula is C16H12BrCl2NO2. The molecule has 0 heterocycles. The van der Waals surface area contributed by atoms with Crippen LogP contribution in [0.5, 0.6) is 0 Å². The first kappa shape index (κ1) is 17.0. The van der Waals surface area contributed by atoms with E-state index in [-0.39, 0.29) is 24.0 Å². The molecule has 3 nitrogen and oxygen atoms in total. The largest absolute Gasteiger partial charge is 0.325 e. The van der Waals surface area contributed by atoms with Gasteiger partial charge in [-0.1, -0.05) is 39.7 Å². The molecule has 0 bridgehead atoms. The van der Waals surface area contributed by atoms with Gasteiger partial charge in [-0.05, 0) is 30.3 Å². The molecule has 0 aliphatic heterocycles. The molecule has 0 aromatic heterocycles. The van der Waals surface area contributed by atoms with Gasteiger partial charge in [0.15, 0.2) is 5.78 Å². The normalized spacial score (nSPS) is 10.3. The average molecular weight is 401 g/mol. The minimum atomic E-state index is -0.256. The Labute approximate surface area is 146 Å². The molecule has 6 heteroatoms. The minimum Gasteiger partial charge on any atom is -0.325 e. The van der Waals surface area contributed by atoms with Crippen molar-refractivity contribution in [3.63, 3.8) is 0 Å². The van der Waals surface area contributed by atoms with E-state index in [0.29, 0.717) is 21.8 Å². The predicted octanol–water partition coefficient (Wildman–Crippen LogP) is 4.90. The van der Waals surface area contributed by atoms with Crippen molar-refractivity contribution in [2.75, 3.05) is 11.2 Å². The fourth-order valence-corrected chi connectivity index (χ4v) is 2.66. The second-order valence-corrected chi connectivity index (χ2v) is 6.19. The maximum absolute atomic E-state index is 12.7. The number of nitrogens with one attached hydrogen (secondary N) is 1. The Hall–Kier alpha value is -1.36. The molecule has 22 heavy (non-hydrogen) atoms. The molecule has 0 spiro atoms. The van der Waals surface area contributed by atoms with Crippen molar-refractivity contribution in [3.05, 3.63) is 63.1 Å². The van der Waals surface area contributed by atoms with E-state index in [1.54, 1.807) is 42.5 Å². The van der Waals surface area contributed by atoms with Gasteiger partial charge in [0, 0.05) is 27.9 Å². The van der Waals surface area contributed by atoms with Crippen LogP contribution in [0.1, 0.15) is 22.3 Å². The Balaban J connectivity index is 2.41. The summed E-state index contributed by atoms with van der Waals surface area (Å²) in [4.78, 5) is 24.4. The number of ketones is 1. The molecule has 2 aromatic carbocycles. The molecule has 0 fully saturated rings. The Kier molecular flexibility index (Phi) is 6.00. The van der Waals surface area contributed by atoms with E-state index in [1.807, 2.05) is 0 Å². The number of alkyl halides is 1. The first-order chi connectivity index (χ1) is 10.5. The van der Waals surface area contributed by atoms with Gasteiger partial charge in [0.05, 0.1) is 10.7 Å². The molecule has 1 amide bonds. The van der Waals surface area contributed by atoms with E-state index in [9.17, 15) is 9.59 Å². The summed E-state index contributed by atoms with van der Waals surface area (Å²) < 4.78 is 0.734. The van der Waals surface area contributed by atoms with Crippen LogP contribution in [-0.2, 0) is 4.79 Å². The summed E-state index contributed by atoms with van der Waals surface area (Å²) in [7, 11) is 0. The van der Waals surface area contributed by atoms with Crippen LogP contribution in [0.4, 0.5) is 5.69 Å². The molecule has 0 aliphatic carbocycles. The summed E-state index contributed by atoms with van der Waals surface area (Å²) >= 11 is 15.0. The lowest BCUT2D eigenvalue weighted by Crippen LogP contribution is -2.15. The second-order valence-electron chi connectivity index (χ2n) is 4.49. The maximum atomic E-state index is 12.7. The van der Waals surface area contributed by atoms with Gasteiger partial charge in [0.25, 0.3) is 0 Å². The van der Waals surface area contributed by atoms with Crippen molar-refractivity contribution in [1.29, 1.82) is 0 Å². The van der Waals surface area contributed by atoms with Gasteiger partial charge >= 0.3 is 0 Å². The number of hydrogen-bond donors (Lipinski definition) is 1. The van der Waals surface area contributed by atoms with Crippen molar-refractivity contribution in [2.24, 2.45) is 0 Å². The molecule has 0 unspecified atom stereocenters. The first-order valence-corrected chi connectivity index (χ1v) is 8.18. The highest BCUT2D eigenvalue weighted by molar-refractivity contribution is 9.10. The predicted molar refractivity (Wildman–Crippen MR) is 93.0 cm³/mol. The molecule has 0 radical (unpaired) electrons. The topological polar surface area (TPSA) is 46.2 Å². The summed E-state index contributed by atoms with van der Waals surface area (Å²) in [6.45, 7) is 0. The van der Waals surface area contributed by atoms with Gasteiger partial charge in [-0.15, -0.1) is 11.6 Å². The summed E-state index contributed by atoms with van der Waals surface area (Å²) in [5.74, 6) is -0.283. The molecule has 2 rings (SSSR count). The Morgan fingerprint density at radius 3 is 2.50 bits per heavy atom. The third-order valence-electron chi connectivity index (χ3n) is 2.94. The SMILES string of the molecule is O=C(CCCl)Nc1ccc(Br)cc1C(=O)c1ccccc1Cl. The van der Waals surface area contributed by atoms with Crippen LogP contribution in [0.3, 0.4) is 0 Å². The summed E-state index contributed by atoms with van der Waals surface area (Å²) in [6.07, 6.45) is 0.178. The number of hydrogen-bond acceptors (Lipinski definition) is 2. The van der Waals surface area contributed by atoms with Gasteiger partial charge in [-0.2, -0.15) is 0 Å². The quantitative estimate of drug-likeness (QED) is 0.573. The standard InChI is InChI=1S/C16H12BrCl2NO2/c17-10-5-6-14(20-15(21)7-8-18)12(9-10)16(22)11-3-1-2-4-13(11)19/h1-6,9H,7-8H2,(H,20,21). The van der Waals surface area contributed by atoms with Gasteiger partial charge in [0.1, 0.15) is 0 Å². The highest BCUT2D eigenvalue weighted by Gasteiger charge is 2.17. The molecule has 0 atom stereocenters. The molecule has 1 N–H and O–H groups in total. The van der Waals surface area contributed by atoms with Crippen LogP contribution in [0.25, 0.3) is 0 Å². The summed E-state index contributed by atoms with van der Waals surface area (Å²) in [6, 6.07) is 11.9. The lowest BCUT2D eigenvalue weighted by atomic mass is 10.0.